The molecule has 2 N–H and O–H groups in total. The predicted molar refractivity (Wildman–Crippen MR) is 112 cm³/mol. The fourth-order valence-electron chi connectivity index (χ4n) is 2.55. The molecule has 0 fully saturated rings. The summed E-state index contributed by atoms with van der Waals surface area (Å²) in [5.74, 6) is 0.671. The number of thioether (sulfide) groups is 1. The fraction of sp³-hybridized carbons (Fsp3) is 0.333. The average molecular weight is 449 g/mol. The molecule has 142 valence electrons. The zero-order valence-electron chi connectivity index (χ0n) is 15.4. The van der Waals surface area contributed by atoms with E-state index in [1.165, 1.54) is 11.8 Å². The van der Waals surface area contributed by atoms with Crippen LogP contribution in [0.3, 0.4) is 0 Å². The van der Waals surface area contributed by atoms with Crippen LogP contribution in [0.15, 0.2) is 40.1 Å². The zero-order valence-corrected chi connectivity index (χ0v) is 17.8. The van der Waals surface area contributed by atoms with E-state index in [0.29, 0.717) is 23.8 Å². The molecule has 1 amide bonds. The Balaban J connectivity index is 1.73. The number of amides is 1. The summed E-state index contributed by atoms with van der Waals surface area (Å²) < 4.78 is 2.74. The molecule has 0 aliphatic carbocycles. The Morgan fingerprint density at radius 2 is 2.00 bits per heavy atom. The lowest BCUT2D eigenvalue weighted by Crippen LogP contribution is -2.27. The molecule has 0 aliphatic rings. The SMILES string of the molecule is CSc1nc(NC(C)C)c2cnn(CCNC(=O)c3ccc(Br)cc3)c2n1. The molecule has 0 saturated carbocycles. The summed E-state index contributed by atoms with van der Waals surface area (Å²) in [6, 6.07) is 7.52. The van der Waals surface area contributed by atoms with Crippen LogP contribution in [-0.4, -0.2) is 44.5 Å². The number of aromatic nitrogens is 4. The number of rotatable bonds is 7. The molecule has 2 heterocycles. The Labute approximate surface area is 170 Å². The lowest BCUT2D eigenvalue weighted by molar-refractivity contribution is 0.0952. The van der Waals surface area contributed by atoms with Crippen LogP contribution in [0.4, 0.5) is 5.82 Å². The largest absolute Gasteiger partial charge is 0.367 e. The molecular weight excluding hydrogens is 428 g/mol. The second-order valence-corrected chi connectivity index (χ2v) is 7.91. The fourth-order valence-corrected chi connectivity index (χ4v) is 3.18. The van der Waals surface area contributed by atoms with E-state index in [1.54, 1.807) is 23.0 Å². The van der Waals surface area contributed by atoms with Crippen molar-refractivity contribution in [2.24, 2.45) is 0 Å². The molecule has 0 aliphatic heterocycles. The normalized spacial score (nSPS) is 11.1. The van der Waals surface area contributed by atoms with Gasteiger partial charge < -0.3 is 10.6 Å². The van der Waals surface area contributed by atoms with Gasteiger partial charge in [-0.2, -0.15) is 5.10 Å². The number of carbonyl (C=O) groups is 1. The van der Waals surface area contributed by atoms with Crippen molar-refractivity contribution in [2.75, 3.05) is 18.1 Å². The zero-order chi connectivity index (χ0) is 19.4. The van der Waals surface area contributed by atoms with E-state index in [4.69, 9.17) is 0 Å². The summed E-state index contributed by atoms with van der Waals surface area (Å²) in [4.78, 5) is 21.4. The Morgan fingerprint density at radius 3 is 2.67 bits per heavy atom. The van der Waals surface area contributed by atoms with Crippen LogP contribution >= 0.6 is 27.7 Å². The van der Waals surface area contributed by atoms with Crippen LogP contribution in [0.5, 0.6) is 0 Å². The van der Waals surface area contributed by atoms with Crippen LogP contribution in [-0.2, 0) is 6.54 Å². The molecule has 3 aromatic rings. The third-order valence-corrected chi connectivity index (χ3v) is 4.88. The second kappa shape index (κ2) is 8.71. The van der Waals surface area contributed by atoms with E-state index < -0.39 is 0 Å². The first-order chi connectivity index (χ1) is 13.0. The molecule has 0 unspecified atom stereocenters. The number of halogens is 1. The molecule has 0 atom stereocenters. The number of benzene rings is 1. The van der Waals surface area contributed by atoms with Gasteiger partial charge in [0.15, 0.2) is 10.8 Å². The van der Waals surface area contributed by atoms with Crippen LogP contribution in [0.1, 0.15) is 24.2 Å². The van der Waals surface area contributed by atoms with Gasteiger partial charge in [0.05, 0.1) is 18.1 Å². The summed E-state index contributed by atoms with van der Waals surface area (Å²) in [7, 11) is 0. The van der Waals surface area contributed by atoms with Crippen molar-refractivity contribution in [3.05, 3.63) is 40.5 Å². The van der Waals surface area contributed by atoms with Crippen molar-refractivity contribution in [2.45, 2.75) is 31.6 Å². The molecule has 3 rings (SSSR count). The van der Waals surface area contributed by atoms with Gasteiger partial charge in [-0.1, -0.05) is 27.7 Å². The Hall–Kier alpha value is -2.13. The van der Waals surface area contributed by atoms with Gasteiger partial charge in [0.1, 0.15) is 5.82 Å². The Bertz CT molecular complexity index is 941. The summed E-state index contributed by atoms with van der Waals surface area (Å²) >= 11 is 4.85. The molecule has 0 radical (unpaired) electrons. The van der Waals surface area contributed by atoms with Gasteiger partial charge in [-0.3, -0.25) is 4.79 Å². The molecule has 0 saturated heterocycles. The highest BCUT2D eigenvalue weighted by Gasteiger charge is 2.14. The molecular formula is C18H21BrN6OS. The molecule has 0 bridgehead atoms. The topological polar surface area (TPSA) is 84.7 Å². The van der Waals surface area contributed by atoms with E-state index in [1.807, 2.05) is 18.4 Å². The number of hydrogen-bond acceptors (Lipinski definition) is 6. The van der Waals surface area contributed by atoms with Gasteiger partial charge in [-0.15, -0.1) is 0 Å². The third-order valence-electron chi connectivity index (χ3n) is 3.80. The monoisotopic (exact) mass is 448 g/mol. The van der Waals surface area contributed by atoms with E-state index in [2.05, 4.69) is 55.5 Å². The van der Waals surface area contributed by atoms with E-state index in [-0.39, 0.29) is 11.9 Å². The number of nitrogens with one attached hydrogen (secondary N) is 2. The van der Waals surface area contributed by atoms with Crippen molar-refractivity contribution in [3.8, 4) is 0 Å². The van der Waals surface area contributed by atoms with Crippen molar-refractivity contribution < 1.29 is 4.79 Å². The first kappa shape index (κ1) is 19.6. The maximum Gasteiger partial charge on any atom is 0.251 e. The quantitative estimate of drug-likeness (QED) is 0.424. The van der Waals surface area contributed by atoms with E-state index in [9.17, 15) is 4.79 Å². The standard InChI is InChI=1S/C18H21BrN6OS/c1-11(2)22-15-14-10-21-25(16(14)24-18(23-15)27-3)9-8-20-17(26)12-4-6-13(19)7-5-12/h4-7,10-11H,8-9H2,1-3H3,(H,20,26)(H,22,23,24). The maximum atomic E-state index is 12.2. The first-order valence-electron chi connectivity index (χ1n) is 8.55. The van der Waals surface area contributed by atoms with Crippen molar-refractivity contribution >= 4 is 50.5 Å². The minimum atomic E-state index is -0.111. The van der Waals surface area contributed by atoms with Crippen molar-refractivity contribution in [1.29, 1.82) is 0 Å². The third kappa shape index (κ3) is 4.78. The van der Waals surface area contributed by atoms with Crippen LogP contribution in [0, 0.1) is 0 Å². The molecule has 9 heteroatoms. The smallest absolute Gasteiger partial charge is 0.251 e. The van der Waals surface area contributed by atoms with Gasteiger partial charge >= 0.3 is 0 Å². The lowest BCUT2D eigenvalue weighted by Gasteiger charge is -2.11. The van der Waals surface area contributed by atoms with Gasteiger partial charge in [0, 0.05) is 22.6 Å². The molecule has 2 aromatic heterocycles. The summed E-state index contributed by atoms with van der Waals surface area (Å²) in [5, 5.41) is 12.3. The first-order valence-corrected chi connectivity index (χ1v) is 10.6. The molecule has 27 heavy (non-hydrogen) atoms. The summed E-state index contributed by atoms with van der Waals surface area (Å²) in [5.41, 5.74) is 1.38. The van der Waals surface area contributed by atoms with Gasteiger partial charge in [-0.25, -0.2) is 14.6 Å². The highest BCUT2D eigenvalue weighted by atomic mass is 79.9. The highest BCUT2D eigenvalue weighted by molar-refractivity contribution is 9.10. The molecule has 7 nitrogen and oxygen atoms in total. The van der Waals surface area contributed by atoms with Gasteiger partial charge in [0.25, 0.3) is 5.91 Å². The highest BCUT2D eigenvalue weighted by Crippen LogP contribution is 2.23. The number of anilines is 1. The summed E-state index contributed by atoms with van der Waals surface area (Å²) in [6.45, 7) is 5.11. The van der Waals surface area contributed by atoms with E-state index >= 15 is 0 Å². The number of fused-ring (bicyclic) bond motifs is 1. The summed E-state index contributed by atoms with van der Waals surface area (Å²) in [6.07, 6.45) is 3.71. The van der Waals surface area contributed by atoms with E-state index in [0.717, 1.165) is 21.3 Å². The van der Waals surface area contributed by atoms with Crippen molar-refractivity contribution in [3.63, 3.8) is 0 Å². The molecule has 1 aromatic carbocycles. The van der Waals surface area contributed by atoms with Gasteiger partial charge in [0.2, 0.25) is 0 Å². The lowest BCUT2D eigenvalue weighted by atomic mass is 10.2. The van der Waals surface area contributed by atoms with Gasteiger partial charge in [-0.05, 0) is 44.4 Å². The van der Waals surface area contributed by atoms with Crippen molar-refractivity contribution in [1.82, 2.24) is 25.1 Å². The van der Waals surface area contributed by atoms with Crippen LogP contribution in [0.25, 0.3) is 11.0 Å². The average Bonchev–Trinajstić information content (AvgIpc) is 3.05. The number of hydrogen-bond donors (Lipinski definition) is 2. The molecule has 0 spiro atoms. The Morgan fingerprint density at radius 1 is 1.26 bits per heavy atom. The predicted octanol–water partition coefficient (Wildman–Crippen LogP) is 3.56. The number of nitrogens with zero attached hydrogens (tertiary/aromatic N) is 4. The van der Waals surface area contributed by atoms with Crippen LogP contribution in [0.2, 0.25) is 0 Å². The number of carbonyl (C=O) groups excluding carboxylic acids is 1. The maximum absolute atomic E-state index is 12.2. The second-order valence-electron chi connectivity index (χ2n) is 6.23. The minimum Gasteiger partial charge on any atom is -0.367 e. The minimum absolute atomic E-state index is 0.111. The van der Waals surface area contributed by atoms with Crippen LogP contribution < -0.4 is 10.6 Å². The Kier molecular flexibility index (Phi) is 6.33.